The number of aliphatic carboxylic acids is 1. The molecule has 1 aliphatic heterocycles. The van der Waals surface area contributed by atoms with E-state index in [1.165, 1.54) is 0 Å². The number of halogens is 1. The summed E-state index contributed by atoms with van der Waals surface area (Å²) < 4.78 is 1.77. The third kappa shape index (κ3) is 2.85. The van der Waals surface area contributed by atoms with E-state index in [2.05, 4.69) is 5.32 Å². The van der Waals surface area contributed by atoms with E-state index in [-0.39, 0.29) is 31.4 Å². The van der Waals surface area contributed by atoms with Crippen LogP contribution in [-0.2, 0) is 16.1 Å². The minimum atomic E-state index is -1.16. The fraction of sp³-hybridized carbons (Fsp3) is 0.364. The van der Waals surface area contributed by atoms with Crippen molar-refractivity contribution in [3.05, 3.63) is 30.6 Å². The molecule has 0 spiro atoms. The Morgan fingerprint density at radius 2 is 2.17 bits per heavy atom. The van der Waals surface area contributed by atoms with Crippen molar-refractivity contribution in [1.82, 2.24) is 5.32 Å². The van der Waals surface area contributed by atoms with Crippen LogP contribution in [0.15, 0.2) is 30.6 Å². The van der Waals surface area contributed by atoms with Crippen molar-refractivity contribution < 1.29 is 20.7 Å². The molecule has 0 aliphatic carbocycles. The minimum absolute atomic E-state index is 0. The molecule has 1 aromatic heterocycles. The summed E-state index contributed by atoms with van der Waals surface area (Å²) in [6.45, 7) is 0.267. The number of aromatic nitrogens is 1. The molecule has 4 N–H and O–H groups in total. The molecule has 2 unspecified atom stereocenters. The third-order valence-corrected chi connectivity index (χ3v) is 2.87. The van der Waals surface area contributed by atoms with Gasteiger partial charge in [-0.3, -0.25) is 4.79 Å². The van der Waals surface area contributed by atoms with Crippen LogP contribution < -0.4 is 15.6 Å². The molecule has 2 atom stereocenters. The van der Waals surface area contributed by atoms with Crippen molar-refractivity contribution in [3.63, 3.8) is 0 Å². The van der Waals surface area contributed by atoms with Gasteiger partial charge in [0.15, 0.2) is 24.5 Å². The largest absolute Gasteiger partial charge is 1.00 e. The van der Waals surface area contributed by atoms with E-state index in [4.69, 9.17) is 10.8 Å². The first-order chi connectivity index (χ1) is 8.01. The SMILES string of the molecule is Br.NC1(C[n+]2ccccc2)CC(C(=O)O)NC1=O.[H+]. The number of carboxylic acid groups (broad SMARTS) is 1. The van der Waals surface area contributed by atoms with Crippen LogP contribution in [0.3, 0.4) is 0 Å². The predicted molar refractivity (Wildman–Crippen MR) is 69.2 cm³/mol. The lowest BCUT2D eigenvalue weighted by molar-refractivity contribution is -0.701. The van der Waals surface area contributed by atoms with Gasteiger partial charge >= 0.3 is 7.40 Å². The van der Waals surface area contributed by atoms with Gasteiger partial charge in [0.1, 0.15) is 6.04 Å². The molecular formula is C11H16BrN3O3+2. The van der Waals surface area contributed by atoms with E-state index in [0.717, 1.165) is 0 Å². The zero-order chi connectivity index (χ0) is 12.5. The summed E-state index contributed by atoms with van der Waals surface area (Å²) in [6, 6.07) is 4.61. The average Bonchev–Trinajstić information content (AvgIpc) is 2.57. The van der Waals surface area contributed by atoms with Gasteiger partial charge in [-0.15, -0.1) is 17.0 Å². The number of nitrogens with two attached hydrogens (primary N) is 1. The van der Waals surface area contributed by atoms with Gasteiger partial charge in [-0.25, -0.2) is 9.36 Å². The summed E-state index contributed by atoms with van der Waals surface area (Å²) in [5.41, 5.74) is 4.81. The van der Waals surface area contributed by atoms with Gasteiger partial charge < -0.3 is 16.2 Å². The van der Waals surface area contributed by atoms with Crippen molar-refractivity contribution in [1.29, 1.82) is 0 Å². The maximum atomic E-state index is 11.7. The zero-order valence-corrected chi connectivity index (χ0v) is 11.3. The number of pyridine rings is 1. The van der Waals surface area contributed by atoms with Gasteiger partial charge in [-0.05, 0) is 0 Å². The van der Waals surface area contributed by atoms with Crippen LogP contribution in [0.5, 0.6) is 0 Å². The van der Waals surface area contributed by atoms with Gasteiger partial charge in [-0.2, -0.15) is 0 Å². The van der Waals surface area contributed by atoms with Crippen LogP contribution in [0.1, 0.15) is 7.85 Å². The number of nitrogens with one attached hydrogen (secondary N) is 1. The van der Waals surface area contributed by atoms with Crippen LogP contribution in [0.2, 0.25) is 0 Å². The highest BCUT2D eigenvalue weighted by Crippen LogP contribution is 2.18. The Bertz CT molecular complexity index is 460. The van der Waals surface area contributed by atoms with Crippen LogP contribution in [-0.4, -0.2) is 28.6 Å². The lowest BCUT2D eigenvalue weighted by Crippen LogP contribution is -2.57. The molecule has 6 nitrogen and oxygen atoms in total. The molecule has 7 heteroatoms. The topological polar surface area (TPSA) is 96.3 Å². The number of carbonyl (C=O) groups excluding carboxylic acids is 1. The maximum Gasteiger partial charge on any atom is 1.00 e. The Hall–Kier alpha value is -1.47. The quantitative estimate of drug-likeness (QED) is 0.644. The number of carbonyl (C=O) groups is 2. The highest BCUT2D eigenvalue weighted by molar-refractivity contribution is 8.93. The van der Waals surface area contributed by atoms with E-state index in [1.54, 1.807) is 17.0 Å². The van der Waals surface area contributed by atoms with E-state index < -0.39 is 23.5 Å². The lowest BCUT2D eigenvalue weighted by Gasteiger charge is -2.16. The monoisotopic (exact) mass is 317 g/mol. The van der Waals surface area contributed by atoms with E-state index in [0.29, 0.717) is 0 Å². The molecule has 98 valence electrons. The molecule has 0 saturated carbocycles. The van der Waals surface area contributed by atoms with E-state index in [1.807, 2.05) is 18.2 Å². The van der Waals surface area contributed by atoms with Crippen molar-refractivity contribution in [2.45, 2.75) is 24.5 Å². The van der Waals surface area contributed by atoms with E-state index >= 15 is 0 Å². The first-order valence-corrected chi connectivity index (χ1v) is 5.28. The average molecular weight is 318 g/mol. The van der Waals surface area contributed by atoms with Crippen LogP contribution >= 0.6 is 17.0 Å². The third-order valence-electron chi connectivity index (χ3n) is 2.87. The second-order valence-corrected chi connectivity index (χ2v) is 4.27. The fourth-order valence-corrected chi connectivity index (χ4v) is 1.96. The summed E-state index contributed by atoms with van der Waals surface area (Å²) in [7, 11) is 0. The fourth-order valence-electron chi connectivity index (χ4n) is 1.96. The second-order valence-electron chi connectivity index (χ2n) is 4.27. The van der Waals surface area contributed by atoms with Crippen LogP contribution in [0.25, 0.3) is 0 Å². The molecule has 18 heavy (non-hydrogen) atoms. The van der Waals surface area contributed by atoms with Crippen LogP contribution in [0, 0.1) is 0 Å². The summed E-state index contributed by atoms with van der Waals surface area (Å²) >= 11 is 0. The summed E-state index contributed by atoms with van der Waals surface area (Å²) in [5, 5.41) is 11.2. The molecule has 1 fully saturated rings. The highest BCUT2D eigenvalue weighted by atomic mass is 79.9. The molecule has 0 bridgehead atoms. The standard InChI is InChI=1S/C11H13N3O3.BrH/c12-11(7-14-4-2-1-3-5-14)6-8(9(15)16)13-10(11)17;/h1-5,8H,6-7,12H2,(H-,13,15,16,17);1H/p+2. The van der Waals surface area contributed by atoms with Gasteiger partial charge in [0, 0.05) is 18.6 Å². The highest BCUT2D eigenvalue weighted by Gasteiger charge is 2.49. The molecule has 0 radical (unpaired) electrons. The molecule has 1 aliphatic rings. The van der Waals surface area contributed by atoms with Gasteiger partial charge in [-0.1, -0.05) is 6.07 Å². The smallest absolute Gasteiger partial charge is 0.480 e. The number of hydrogen-bond donors (Lipinski definition) is 3. The molecule has 1 saturated heterocycles. The van der Waals surface area contributed by atoms with Gasteiger partial charge in [0.25, 0.3) is 0 Å². The van der Waals surface area contributed by atoms with Gasteiger partial charge in [0.05, 0.1) is 0 Å². The summed E-state index contributed by atoms with van der Waals surface area (Å²) in [5.74, 6) is -1.47. The molecule has 2 heterocycles. The van der Waals surface area contributed by atoms with E-state index in [9.17, 15) is 9.59 Å². The first-order valence-electron chi connectivity index (χ1n) is 5.28. The van der Waals surface area contributed by atoms with Crippen LogP contribution in [0.4, 0.5) is 0 Å². The van der Waals surface area contributed by atoms with Crippen molar-refractivity contribution >= 4 is 28.9 Å². The van der Waals surface area contributed by atoms with Crippen molar-refractivity contribution in [2.24, 2.45) is 5.73 Å². The second kappa shape index (κ2) is 5.45. The Balaban J connectivity index is 0.00000162. The summed E-state index contributed by atoms with van der Waals surface area (Å²) in [6.07, 6.45) is 3.68. The number of nitrogens with zero attached hydrogens (tertiary/aromatic N) is 1. The molecule has 1 amide bonds. The lowest BCUT2D eigenvalue weighted by atomic mass is 9.96. The minimum Gasteiger partial charge on any atom is -0.480 e. The Kier molecular flexibility index (Phi) is 4.42. The van der Waals surface area contributed by atoms with Crippen molar-refractivity contribution in [2.75, 3.05) is 0 Å². The number of rotatable bonds is 3. The number of carboxylic acids is 1. The molecule has 0 aromatic carbocycles. The normalized spacial score (nSPS) is 26.3. The number of hydrogen-bond acceptors (Lipinski definition) is 3. The molecular weight excluding hydrogens is 302 g/mol. The van der Waals surface area contributed by atoms with Gasteiger partial charge in [0.2, 0.25) is 5.91 Å². The maximum absolute atomic E-state index is 11.7. The number of amides is 1. The first kappa shape index (κ1) is 14.6. The molecule has 2 rings (SSSR count). The van der Waals surface area contributed by atoms with Crippen molar-refractivity contribution in [3.8, 4) is 0 Å². The Morgan fingerprint density at radius 3 is 2.67 bits per heavy atom. The Morgan fingerprint density at radius 1 is 1.56 bits per heavy atom. The zero-order valence-electron chi connectivity index (χ0n) is 10.6. The molecule has 1 aromatic rings. The Labute approximate surface area is 116 Å². The predicted octanol–water partition coefficient (Wildman–Crippen LogP) is -0.665. The summed E-state index contributed by atoms with van der Waals surface area (Å²) in [4.78, 5) is 22.5.